The van der Waals surface area contributed by atoms with Crippen molar-refractivity contribution < 1.29 is 38.1 Å². The number of rotatable bonds is 1. The summed E-state index contributed by atoms with van der Waals surface area (Å²) in [5.74, 6) is 0. The molecule has 2 fully saturated rings. The minimum Gasteiger partial charge on any atom is -0.453 e. The fourth-order valence-electron chi connectivity index (χ4n) is 8.30. The van der Waals surface area contributed by atoms with E-state index in [1.165, 1.54) is 14.2 Å². The summed E-state index contributed by atoms with van der Waals surface area (Å²) in [5.41, 5.74) is -0.875. The molecule has 12 heteroatoms. The van der Waals surface area contributed by atoms with Crippen LogP contribution in [0.2, 0.25) is 0 Å². The topological polar surface area (TPSA) is 118 Å². The summed E-state index contributed by atoms with van der Waals surface area (Å²) < 4.78 is 22.5. The van der Waals surface area contributed by atoms with Crippen LogP contribution in [0.3, 0.4) is 0 Å². The Bertz CT molecular complexity index is 1480. The lowest BCUT2D eigenvalue weighted by atomic mass is 9.55. The quantitative estimate of drug-likeness (QED) is 0.352. The van der Waals surface area contributed by atoms with Gasteiger partial charge in [-0.25, -0.2) is 19.2 Å². The van der Waals surface area contributed by atoms with E-state index < -0.39 is 58.7 Å². The molecule has 0 spiro atoms. The monoisotopic (exact) mass is 634 g/mol. The van der Waals surface area contributed by atoms with Gasteiger partial charge in [-0.1, -0.05) is 36.4 Å². The molecule has 46 heavy (non-hydrogen) atoms. The van der Waals surface area contributed by atoms with Gasteiger partial charge in [0.1, 0.15) is 23.5 Å². The summed E-state index contributed by atoms with van der Waals surface area (Å²) in [7, 11) is 2.62. The second-order valence-corrected chi connectivity index (χ2v) is 14.3. The van der Waals surface area contributed by atoms with Crippen molar-refractivity contribution >= 4 is 35.7 Å². The Balaban J connectivity index is 1.67. The number of hydrogen-bond donors (Lipinski definition) is 0. The van der Waals surface area contributed by atoms with Crippen LogP contribution in [0.5, 0.6) is 0 Å². The maximum atomic E-state index is 14.2. The minimum atomic E-state index is -1.02. The van der Waals surface area contributed by atoms with Crippen LogP contribution in [0.1, 0.15) is 65.5 Å². The Morgan fingerprint density at radius 2 is 0.957 bits per heavy atom. The number of nitrogens with zero attached hydrogens (tertiary/aromatic N) is 4. The molecule has 0 aliphatic carbocycles. The van der Waals surface area contributed by atoms with Crippen LogP contribution in [0, 0.1) is 0 Å². The average Bonchev–Trinajstić information content (AvgIpc) is 3.70. The first-order valence-electron chi connectivity index (χ1n) is 15.6. The van der Waals surface area contributed by atoms with Crippen LogP contribution in [0.4, 0.5) is 30.6 Å². The standard InChI is InChI=1S/C34H42N4O8/c1-31(2,3)45-29(41)37-23-15-11-9-13-21(23)33(17-19-35(25(33)37)27(39)43-7)34-18-20-36(28(40)44-8)26(34)38(30(42)46-32(4,5)6)24-16-12-10-14-22(24)34/h9-16,25-26H,17-20H2,1-8H3/t25-,26-,33-,34-/m0/s1. The molecular formula is C34H42N4O8. The third kappa shape index (κ3) is 4.32. The highest BCUT2D eigenvalue weighted by Gasteiger charge is 2.77. The molecule has 0 bridgehead atoms. The van der Waals surface area contributed by atoms with Crippen molar-refractivity contribution in [3.8, 4) is 0 Å². The molecule has 246 valence electrons. The Kier molecular flexibility index (Phi) is 7.21. The summed E-state index contributed by atoms with van der Waals surface area (Å²) in [5, 5.41) is 0. The lowest BCUT2D eigenvalue weighted by molar-refractivity contribution is 0.0387. The Hall–Kier alpha value is -4.48. The highest BCUT2D eigenvalue weighted by molar-refractivity contribution is 5.98. The zero-order valence-electron chi connectivity index (χ0n) is 27.7. The van der Waals surface area contributed by atoms with Gasteiger partial charge < -0.3 is 18.9 Å². The van der Waals surface area contributed by atoms with Gasteiger partial charge in [0.15, 0.2) is 0 Å². The van der Waals surface area contributed by atoms with Crippen molar-refractivity contribution in [2.75, 3.05) is 37.1 Å². The highest BCUT2D eigenvalue weighted by Crippen LogP contribution is 2.69. The van der Waals surface area contributed by atoms with Crippen LogP contribution < -0.4 is 9.80 Å². The molecule has 0 saturated carbocycles. The van der Waals surface area contributed by atoms with Crippen LogP contribution in [0.15, 0.2) is 48.5 Å². The number of anilines is 2. The molecule has 4 heterocycles. The van der Waals surface area contributed by atoms with Crippen LogP contribution in [-0.2, 0) is 29.8 Å². The van der Waals surface area contributed by atoms with Crippen molar-refractivity contribution in [1.82, 2.24) is 9.80 Å². The van der Waals surface area contributed by atoms with E-state index in [0.717, 1.165) is 11.1 Å². The smallest absolute Gasteiger partial charge is 0.416 e. The van der Waals surface area contributed by atoms with Crippen molar-refractivity contribution in [2.45, 2.75) is 88.7 Å². The third-order valence-corrected chi connectivity index (χ3v) is 9.54. The van der Waals surface area contributed by atoms with E-state index in [1.807, 2.05) is 48.5 Å². The van der Waals surface area contributed by atoms with Crippen molar-refractivity contribution in [3.63, 3.8) is 0 Å². The molecule has 0 radical (unpaired) electrons. The number of carbonyl (C=O) groups is 4. The largest absolute Gasteiger partial charge is 0.453 e. The molecule has 2 aromatic carbocycles. The first-order chi connectivity index (χ1) is 21.6. The summed E-state index contributed by atoms with van der Waals surface area (Å²) >= 11 is 0. The number of amides is 4. The van der Waals surface area contributed by atoms with Gasteiger partial charge in [-0.3, -0.25) is 19.6 Å². The van der Waals surface area contributed by atoms with Crippen LogP contribution in [0.25, 0.3) is 0 Å². The maximum Gasteiger partial charge on any atom is 0.416 e. The van der Waals surface area contributed by atoms with E-state index in [-0.39, 0.29) is 13.1 Å². The second-order valence-electron chi connectivity index (χ2n) is 14.3. The third-order valence-electron chi connectivity index (χ3n) is 9.54. The lowest BCUT2D eigenvalue weighted by Crippen LogP contribution is -2.66. The summed E-state index contributed by atoms with van der Waals surface area (Å²) in [6.07, 6.45) is -3.42. The van der Waals surface area contributed by atoms with Gasteiger partial charge in [0.05, 0.1) is 36.4 Å². The summed E-state index contributed by atoms with van der Waals surface area (Å²) in [4.78, 5) is 61.8. The number of methoxy groups -OCH3 is 2. The van der Waals surface area contributed by atoms with Gasteiger partial charge >= 0.3 is 24.4 Å². The molecule has 4 aliphatic rings. The first kappa shape index (κ1) is 31.5. The molecule has 12 nitrogen and oxygen atoms in total. The van der Waals surface area contributed by atoms with E-state index in [0.29, 0.717) is 24.2 Å². The summed E-state index contributed by atoms with van der Waals surface area (Å²) in [6, 6.07) is 15.1. The first-order valence-corrected chi connectivity index (χ1v) is 15.6. The Morgan fingerprint density at radius 3 is 1.28 bits per heavy atom. The molecule has 2 saturated heterocycles. The van der Waals surface area contributed by atoms with Gasteiger partial charge in [-0.05, 0) is 77.6 Å². The van der Waals surface area contributed by atoms with Gasteiger partial charge in [0, 0.05) is 13.1 Å². The van der Waals surface area contributed by atoms with Gasteiger partial charge in [0.2, 0.25) is 0 Å². The zero-order chi connectivity index (χ0) is 33.4. The predicted octanol–water partition coefficient (Wildman–Crippen LogP) is 5.97. The molecule has 6 rings (SSSR count). The molecule has 0 aromatic heterocycles. The lowest BCUT2D eigenvalue weighted by Gasteiger charge is -2.49. The summed E-state index contributed by atoms with van der Waals surface area (Å²) in [6.45, 7) is 11.3. The van der Waals surface area contributed by atoms with E-state index in [9.17, 15) is 19.2 Å². The average molecular weight is 635 g/mol. The zero-order valence-corrected chi connectivity index (χ0v) is 27.7. The molecule has 0 unspecified atom stereocenters. The highest BCUT2D eigenvalue weighted by atomic mass is 16.6. The van der Waals surface area contributed by atoms with Gasteiger partial charge in [-0.2, -0.15) is 0 Å². The van der Waals surface area contributed by atoms with Gasteiger partial charge in [-0.15, -0.1) is 0 Å². The van der Waals surface area contributed by atoms with Crippen LogP contribution in [-0.4, -0.2) is 85.0 Å². The van der Waals surface area contributed by atoms with Crippen LogP contribution >= 0.6 is 0 Å². The molecule has 2 aromatic rings. The fraction of sp³-hybridized carbons (Fsp3) is 0.529. The van der Waals surface area contributed by atoms with Gasteiger partial charge in [0.25, 0.3) is 0 Å². The number of carbonyl (C=O) groups excluding carboxylic acids is 4. The predicted molar refractivity (Wildman–Crippen MR) is 169 cm³/mol. The fourth-order valence-corrected chi connectivity index (χ4v) is 8.30. The number of fused-ring (bicyclic) bond motifs is 7. The molecule has 0 N–H and O–H groups in total. The van der Waals surface area contributed by atoms with E-state index in [4.69, 9.17) is 18.9 Å². The van der Waals surface area contributed by atoms with E-state index in [1.54, 1.807) is 61.1 Å². The Labute approximate surface area is 269 Å². The number of para-hydroxylation sites is 2. The number of ether oxygens (including phenoxy) is 4. The minimum absolute atomic E-state index is 0.256. The maximum absolute atomic E-state index is 14.2. The Morgan fingerprint density at radius 1 is 0.609 bits per heavy atom. The number of benzene rings is 2. The van der Waals surface area contributed by atoms with E-state index >= 15 is 0 Å². The second kappa shape index (κ2) is 10.5. The van der Waals surface area contributed by atoms with Crippen molar-refractivity contribution in [3.05, 3.63) is 59.7 Å². The van der Waals surface area contributed by atoms with Crippen molar-refractivity contribution in [1.29, 1.82) is 0 Å². The molecule has 4 aliphatic heterocycles. The SMILES string of the molecule is COC(=O)N1CC[C@]2([C@]34CCN(C(=O)OC)[C@H]3N(C(=O)OC(C)(C)C)c3ccccc34)c3ccccc3N(C(=O)OC(C)(C)C)[C@H]12. The molecule has 4 amide bonds. The molecular weight excluding hydrogens is 592 g/mol. The van der Waals surface area contributed by atoms with Crippen molar-refractivity contribution in [2.24, 2.45) is 0 Å². The normalized spacial score (nSPS) is 26.3. The number of likely N-dealkylation sites (tertiary alicyclic amines) is 2. The molecule has 4 atom stereocenters. The number of hydrogen-bond acceptors (Lipinski definition) is 8. The van der Waals surface area contributed by atoms with E-state index in [2.05, 4.69) is 0 Å².